The van der Waals surface area contributed by atoms with Gasteiger partial charge in [-0.05, 0) is 37.4 Å². The summed E-state index contributed by atoms with van der Waals surface area (Å²) in [5.41, 5.74) is 0.00707. The standard InChI is InChI=1S/C15H15F3N2OS/c1-4-19-14(22-3)10-5-7-11(21-2)13-9(10)6-8-12(20-13)15(16,17)18/h5-8H,4H2,1-3H3. The van der Waals surface area contributed by atoms with Gasteiger partial charge in [-0.3, -0.25) is 4.99 Å². The van der Waals surface area contributed by atoms with Crippen LogP contribution in [0.3, 0.4) is 0 Å². The number of methoxy groups -OCH3 is 1. The van der Waals surface area contributed by atoms with Crippen molar-refractivity contribution in [3.8, 4) is 5.75 Å². The Kier molecular flexibility index (Phi) is 4.95. The van der Waals surface area contributed by atoms with Gasteiger partial charge in [0.25, 0.3) is 0 Å². The molecule has 0 aliphatic rings. The Morgan fingerprint density at radius 2 is 2.00 bits per heavy atom. The minimum absolute atomic E-state index is 0.188. The number of halogens is 3. The summed E-state index contributed by atoms with van der Waals surface area (Å²) in [6, 6.07) is 5.81. The van der Waals surface area contributed by atoms with Gasteiger partial charge < -0.3 is 4.74 Å². The monoisotopic (exact) mass is 328 g/mol. The molecule has 0 aliphatic carbocycles. The van der Waals surface area contributed by atoms with Crippen molar-refractivity contribution in [1.82, 2.24) is 4.98 Å². The minimum Gasteiger partial charge on any atom is -0.494 e. The predicted molar refractivity (Wildman–Crippen MR) is 83.9 cm³/mol. The van der Waals surface area contributed by atoms with E-state index in [0.717, 1.165) is 16.7 Å². The molecule has 1 aromatic heterocycles. The zero-order valence-electron chi connectivity index (χ0n) is 12.4. The number of pyridine rings is 1. The summed E-state index contributed by atoms with van der Waals surface area (Å²) in [5, 5.41) is 1.35. The van der Waals surface area contributed by atoms with Gasteiger partial charge >= 0.3 is 6.18 Å². The Morgan fingerprint density at radius 1 is 1.27 bits per heavy atom. The van der Waals surface area contributed by atoms with E-state index < -0.39 is 11.9 Å². The zero-order chi connectivity index (χ0) is 16.3. The number of rotatable bonds is 3. The van der Waals surface area contributed by atoms with Crippen molar-refractivity contribution in [3.63, 3.8) is 0 Å². The van der Waals surface area contributed by atoms with E-state index in [1.54, 1.807) is 12.1 Å². The highest BCUT2D eigenvalue weighted by atomic mass is 32.2. The number of hydrogen-bond donors (Lipinski definition) is 0. The summed E-state index contributed by atoms with van der Waals surface area (Å²) in [7, 11) is 1.41. The maximum Gasteiger partial charge on any atom is 0.433 e. The smallest absolute Gasteiger partial charge is 0.433 e. The summed E-state index contributed by atoms with van der Waals surface area (Å²) in [4.78, 5) is 8.12. The molecule has 0 amide bonds. The van der Waals surface area contributed by atoms with Gasteiger partial charge in [0.05, 0.1) is 12.2 Å². The molecule has 0 fully saturated rings. The second-order valence-corrected chi connectivity index (χ2v) is 5.18. The Hall–Kier alpha value is -1.76. The average Bonchev–Trinajstić information content (AvgIpc) is 2.50. The van der Waals surface area contributed by atoms with Crippen molar-refractivity contribution >= 4 is 27.7 Å². The molecule has 22 heavy (non-hydrogen) atoms. The van der Waals surface area contributed by atoms with Crippen molar-refractivity contribution in [2.75, 3.05) is 19.9 Å². The van der Waals surface area contributed by atoms with Crippen molar-refractivity contribution in [3.05, 3.63) is 35.5 Å². The van der Waals surface area contributed by atoms with Crippen LogP contribution in [0, 0.1) is 0 Å². The topological polar surface area (TPSA) is 34.5 Å². The van der Waals surface area contributed by atoms with Gasteiger partial charge in [0.15, 0.2) is 0 Å². The van der Waals surface area contributed by atoms with Gasteiger partial charge in [-0.15, -0.1) is 11.8 Å². The first-order chi connectivity index (χ1) is 10.4. The molecular formula is C15H15F3N2OS. The molecule has 1 aromatic carbocycles. The first-order valence-electron chi connectivity index (χ1n) is 6.56. The average molecular weight is 328 g/mol. The molecule has 0 saturated heterocycles. The van der Waals surface area contributed by atoms with Crippen LogP contribution in [-0.4, -0.2) is 29.9 Å². The fourth-order valence-corrected chi connectivity index (χ4v) is 2.76. The number of ether oxygens (including phenoxy) is 1. The van der Waals surface area contributed by atoms with E-state index in [9.17, 15) is 13.2 Å². The Balaban J connectivity index is 2.75. The van der Waals surface area contributed by atoms with Crippen LogP contribution in [0.2, 0.25) is 0 Å². The third-order valence-electron chi connectivity index (χ3n) is 3.06. The second-order valence-electron chi connectivity index (χ2n) is 4.39. The number of aliphatic imine (C=N–C) groups is 1. The van der Waals surface area contributed by atoms with E-state index in [0.29, 0.717) is 17.7 Å². The lowest BCUT2D eigenvalue weighted by atomic mass is 10.1. The van der Waals surface area contributed by atoms with E-state index >= 15 is 0 Å². The molecule has 0 spiro atoms. The minimum atomic E-state index is -4.49. The molecule has 0 radical (unpaired) electrons. The molecule has 2 aromatic rings. The maximum atomic E-state index is 12.9. The zero-order valence-corrected chi connectivity index (χ0v) is 13.2. The van der Waals surface area contributed by atoms with Gasteiger partial charge in [0, 0.05) is 17.5 Å². The highest BCUT2D eigenvalue weighted by Crippen LogP contribution is 2.34. The third-order valence-corrected chi connectivity index (χ3v) is 3.79. The SMILES string of the molecule is CCN=C(SC)c1ccc(OC)c2nc(C(F)(F)F)ccc12. The van der Waals surface area contributed by atoms with Gasteiger partial charge in [0.2, 0.25) is 0 Å². The van der Waals surface area contributed by atoms with Crippen LogP contribution in [0.15, 0.2) is 29.3 Å². The van der Waals surface area contributed by atoms with Gasteiger partial charge in [-0.1, -0.05) is 0 Å². The van der Waals surface area contributed by atoms with E-state index in [1.807, 2.05) is 13.2 Å². The normalized spacial score (nSPS) is 12.7. The number of alkyl halides is 3. The summed E-state index contributed by atoms with van der Waals surface area (Å²) in [5.74, 6) is 0.307. The number of aromatic nitrogens is 1. The van der Waals surface area contributed by atoms with Crippen LogP contribution in [0.5, 0.6) is 5.75 Å². The van der Waals surface area contributed by atoms with E-state index in [2.05, 4.69) is 9.98 Å². The van der Waals surface area contributed by atoms with E-state index in [-0.39, 0.29) is 5.52 Å². The lowest BCUT2D eigenvalue weighted by Gasteiger charge is -2.13. The quantitative estimate of drug-likeness (QED) is 0.619. The Morgan fingerprint density at radius 3 is 2.55 bits per heavy atom. The van der Waals surface area contributed by atoms with Crippen LogP contribution in [0.4, 0.5) is 13.2 Å². The number of thioether (sulfide) groups is 1. The largest absolute Gasteiger partial charge is 0.494 e. The fraction of sp³-hybridized carbons (Fsp3) is 0.333. The molecular weight excluding hydrogens is 313 g/mol. The Bertz CT molecular complexity index is 714. The van der Waals surface area contributed by atoms with Crippen LogP contribution in [0.25, 0.3) is 10.9 Å². The molecule has 118 valence electrons. The predicted octanol–water partition coefficient (Wildman–Crippen LogP) is 4.39. The summed E-state index contributed by atoms with van der Waals surface area (Å²) < 4.78 is 43.7. The summed E-state index contributed by atoms with van der Waals surface area (Å²) >= 11 is 1.44. The van der Waals surface area contributed by atoms with Crippen molar-refractivity contribution in [2.45, 2.75) is 13.1 Å². The molecule has 0 bridgehead atoms. The van der Waals surface area contributed by atoms with Crippen molar-refractivity contribution < 1.29 is 17.9 Å². The summed E-state index contributed by atoms with van der Waals surface area (Å²) in [6.45, 7) is 2.50. The molecule has 7 heteroatoms. The van der Waals surface area contributed by atoms with Crippen LogP contribution in [0.1, 0.15) is 18.2 Å². The Labute approximate surface area is 130 Å². The van der Waals surface area contributed by atoms with E-state index in [1.165, 1.54) is 24.9 Å². The molecule has 0 saturated carbocycles. The molecule has 0 unspecified atom stereocenters. The number of benzene rings is 1. The highest BCUT2D eigenvalue weighted by molar-refractivity contribution is 8.13. The maximum absolute atomic E-state index is 12.9. The highest BCUT2D eigenvalue weighted by Gasteiger charge is 2.33. The number of nitrogens with zero attached hydrogens (tertiary/aromatic N) is 2. The summed E-state index contributed by atoms with van der Waals surface area (Å²) in [6.07, 6.45) is -2.61. The van der Waals surface area contributed by atoms with Gasteiger partial charge in [0.1, 0.15) is 17.0 Å². The number of hydrogen-bond acceptors (Lipinski definition) is 4. The van der Waals surface area contributed by atoms with Crippen molar-refractivity contribution in [1.29, 1.82) is 0 Å². The molecule has 0 aliphatic heterocycles. The fourth-order valence-electron chi connectivity index (χ4n) is 2.10. The van der Waals surface area contributed by atoms with Gasteiger partial charge in [-0.2, -0.15) is 13.2 Å². The molecule has 3 nitrogen and oxygen atoms in total. The lowest BCUT2D eigenvalue weighted by molar-refractivity contribution is -0.140. The first kappa shape index (κ1) is 16.6. The molecule has 1 heterocycles. The van der Waals surface area contributed by atoms with Crippen LogP contribution in [-0.2, 0) is 6.18 Å². The first-order valence-corrected chi connectivity index (χ1v) is 7.78. The van der Waals surface area contributed by atoms with Crippen LogP contribution < -0.4 is 4.74 Å². The molecule has 0 atom stereocenters. The van der Waals surface area contributed by atoms with E-state index in [4.69, 9.17) is 4.74 Å². The molecule has 2 rings (SSSR count). The third kappa shape index (κ3) is 3.19. The van der Waals surface area contributed by atoms with Crippen molar-refractivity contribution in [2.24, 2.45) is 4.99 Å². The molecule has 0 N–H and O–H groups in total. The number of fused-ring (bicyclic) bond motifs is 1. The van der Waals surface area contributed by atoms with Crippen LogP contribution >= 0.6 is 11.8 Å². The van der Waals surface area contributed by atoms with Gasteiger partial charge in [-0.25, -0.2) is 4.98 Å². The lowest BCUT2D eigenvalue weighted by Crippen LogP contribution is -2.09. The second kappa shape index (κ2) is 6.56.